The third-order valence-corrected chi connectivity index (χ3v) is 2.18. The smallest absolute Gasteiger partial charge is 0.726 e. The van der Waals surface area contributed by atoms with Crippen molar-refractivity contribution in [2.24, 2.45) is 0 Å². The van der Waals surface area contributed by atoms with Crippen LogP contribution in [0.5, 0.6) is 0 Å². The molecule has 0 saturated heterocycles. The minimum atomic E-state index is -4.47. The van der Waals surface area contributed by atoms with Crippen molar-refractivity contribution in [2.75, 3.05) is 13.2 Å². The molecule has 0 saturated carbocycles. The quantitative estimate of drug-likeness (QED) is 0.261. The normalized spacial score (nSPS) is 10.1. The molecule has 0 aromatic heterocycles. The van der Waals surface area contributed by atoms with E-state index in [9.17, 15) is 13.0 Å². The third-order valence-electron chi connectivity index (χ3n) is 1.73. The Morgan fingerprint density at radius 3 is 1.88 bits per heavy atom. The Morgan fingerprint density at radius 1 is 1.06 bits per heavy atom. The van der Waals surface area contributed by atoms with Crippen molar-refractivity contribution < 1.29 is 51.8 Å². The monoisotopic (exact) mass is 278 g/mol. The van der Waals surface area contributed by atoms with E-state index in [2.05, 4.69) is 11.1 Å². The van der Waals surface area contributed by atoms with E-state index in [-0.39, 0.29) is 42.8 Å². The number of unbranched alkanes of at least 4 members (excludes halogenated alkanes) is 5. The summed E-state index contributed by atoms with van der Waals surface area (Å²) in [5.41, 5.74) is 0. The van der Waals surface area contributed by atoms with Crippen LogP contribution in [0.25, 0.3) is 0 Å². The van der Waals surface area contributed by atoms with Crippen molar-refractivity contribution in [3.8, 4) is 0 Å². The fourth-order valence-electron chi connectivity index (χ4n) is 1.04. The molecule has 0 radical (unpaired) electrons. The van der Waals surface area contributed by atoms with Gasteiger partial charge in [0.1, 0.15) is 0 Å². The van der Waals surface area contributed by atoms with E-state index >= 15 is 0 Å². The molecule has 0 aliphatic heterocycles. The predicted octanol–water partition coefficient (Wildman–Crippen LogP) is -1.17. The van der Waals surface area contributed by atoms with Crippen LogP contribution in [0.15, 0.2) is 0 Å². The molecule has 0 aromatic rings. The maximum absolute atomic E-state index is 9.99. The average molecular weight is 278 g/mol. The van der Waals surface area contributed by atoms with Crippen LogP contribution in [0.2, 0.25) is 0 Å². The van der Waals surface area contributed by atoms with Gasteiger partial charge in [-0.15, -0.1) is 0 Å². The van der Waals surface area contributed by atoms with Crippen molar-refractivity contribution in [3.63, 3.8) is 0 Å². The summed E-state index contributed by atoms with van der Waals surface area (Å²) in [7, 11) is -4.47. The van der Waals surface area contributed by atoms with Gasteiger partial charge in [-0.2, -0.15) is 0 Å². The molecule has 0 spiro atoms. The first-order chi connectivity index (χ1) is 7.47. The number of aliphatic hydroxyl groups excluding tert-OH is 1. The molecular weight excluding hydrogens is 255 g/mol. The van der Waals surface area contributed by atoms with Gasteiger partial charge < -0.3 is 9.66 Å². The van der Waals surface area contributed by atoms with Crippen molar-refractivity contribution >= 4 is 10.4 Å². The fourth-order valence-corrected chi connectivity index (χ4v) is 1.37. The largest absolute Gasteiger partial charge is 1.00 e. The molecule has 0 fully saturated rings. The van der Waals surface area contributed by atoms with Crippen LogP contribution in [-0.4, -0.2) is 31.3 Å². The molecule has 7 heteroatoms. The van der Waals surface area contributed by atoms with E-state index in [1.807, 2.05) is 0 Å². The molecule has 1 N–H and O–H groups in total. The SMILES string of the molecule is CCCCCCCCOS(=O)(=O)[O-].CCO.[Na+]. The summed E-state index contributed by atoms with van der Waals surface area (Å²) < 4.78 is 34.0. The van der Waals surface area contributed by atoms with E-state index < -0.39 is 10.4 Å². The van der Waals surface area contributed by atoms with Crippen molar-refractivity contribution in [1.82, 2.24) is 0 Å². The molecule has 0 atom stereocenters. The van der Waals surface area contributed by atoms with Gasteiger partial charge in [-0.25, -0.2) is 8.42 Å². The Bertz CT molecular complexity index is 219. The number of aliphatic hydroxyl groups is 1. The summed E-state index contributed by atoms with van der Waals surface area (Å²) in [6.07, 6.45) is 6.21. The Labute approximate surface area is 127 Å². The minimum absolute atomic E-state index is 0. The molecule has 0 bridgehead atoms. The second-order valence-corrected chi connectivity index (χ2v) is 4.37. The first-order valence-electron chi connectivity index (χ1n) is 5.69. The van der Waals surface area contributed by atoms with Gasteiger partial charge in [-0.1, -0.05) is 39.0 Å². The van der Waals surface area contributed by atoms with Gasteiger partial charge in [-0.05, 0) is 13.3 Å². The maximum Gasteiger partial charge on any atom is 1.00 e. The summed E-state index contributed by atoms with van der Waals surface area (Å²) in [5, 5.41) is 7.57. The standard InChI is InChI=1S/C8H18O4S.C2H6O.Na/c1-2-3-4-5-6-7-8-12-13(9,10)11;1-2-3;/h2-8H2,1H3,(H,9,10,11);3H,2H2,1H3;/q;;+1/p-1. The van der Waals surface area contributed by atoms with Gasteiger partial charge in [-0.3, -0.25) is 4.18 Å². The van der Waals surface area contributed by atoms with E-state index in [1.54, 1.807) is 6.92 Å². The van der Waals surface area contributed by atoms with E-state index in [1.165, 1.54) is 19.3 Å². The molecule has 100 valence electrons. The van der Waals surface area contributed by atoms with E-state index in [0.717, 1.165) is 12.8 Å². The van der Waals surface area contributed by atoms with Crippen LogP contribution in [0.1, 0.15) is 52.4 Å². The fraction of sp³-hybridized carbons (Fsp3) is 1.00. The Morgan fingerprint density at radius 2 is 1.47 bits per heavy atom. The summed E-state index contributed by atoms with van der Waals surface area (Å²) in [4.78, 5) is 0. The summed E-state index contributed by atoms with van der Waals surface area (Å²) in [6, 6.07) is 0. The third kappa shape index (κ3) is 31.6. The summed E-state index contributed by atoms with van der Waals surface area (Å²) in [5.74, 6) is 0. The zero-order valence-corrected chi connectivity index (χ0v) is 14.0. The number of hydrogen-bond donors (Lipinski definition) is 1. The van der Waals surface area contributed by atoms with Crippen molar-refractivity contribution in [3.05, 3.63) is 0 Å². The second kappa shape index (κ2) is 16.8. The number of hydrogen-bond acceptors (Lipinski definition) is 5. The molecule has 0 aliphatic rings. The molecule has 0 amide bonds. The van der Waals surface area contributed by atoms with Gasteiger partial charge >= 0.3 is 29.6 Å². The molecular formula is C10H23NaO5S. The Balaban J connectivity index is -0.000000440. The van der Waals surface area contributed by atoms with Crippen molar-refractivity contribution in [2.45, 2.75) is 52.4 Å². The number of rotatable bonds is 8. The van der Waals surface area contributed by atoms with Gasteiger partial charge in [0.15, 0.2) is 0 Å². The van der Waals surface area contributed by atoms with Gasteiger partial charge in [0.25, 0.3) is 0 Å². The Hall–Kier alpha value is 0.830. The minimum Gasteiger partial charge on any atom is -0.726 e. The van der Waals surface area contributed by atoms with Crippen LogP contribution in [-0.2, 0) is 14.6 Å². The predicted molar refractivity (Wildman–Crippen MR) is 61.8 cm³/mol. The van der Waals surface area contributed by atoms with E-state index in [4.69, 9.17) is 5.11 Å². The molecule has 0 unspecified atom stereocenters. The summed E-state index contributed by atoms with van der Waals surface area (Å²) >= 11 is 0. The van der Waals surface area contributed by atoms with Crippen LogP contribution in [0.3, 0.4) is 0 Å². The molecule has 0 aromatic carbocycles. The Kier molecular flexibility index (Phi) is 22.7. The molecule has 0 heterocycles. The second-order valence-electron chi connectivity index (χ2n) is 3.31. The zero-order valence-electron chi connectivity index (χ0n) is 11.1. The van der Waals surface area contributed by atoms with E-state index in [0.29, 0.717) is 6.42 Å². The van der Waals surface area contributed by atoms with Crippen LogP contribution >= 0.6 is 0 Å². The van der Waals surface area contributed by atoms with Gasteiger partial charge in [0.2, 0.25) is 10.4 Å². The van der Waals surface area contributed by atoms with Gasteiger partial charge in [0.05, 0.1) is 6.61 Å². The maximum atomic E-state index is 9.99. The van der Waals surface area contributed by atoms with Crippen LogP contribution in [0.4, 0.5) is 0 Å². The zero-order chi connectivity index (χ0) is 12.9. The van der Waals surface area contributed by atoms with Crippen LogP contribution < -0.4 is 29.6 Å². The topological polar surface area (TPSA) is 86.7 Å². The molecule has 0 rings (SSSR count). The van der Waals surface area contributed by atoms with Crippen molar-refractivity contribution in [1.29, 1.82) is 0 Å². The first kappa shape index (κ1) is 23.0. The summed E-state index contributed by atoms with van der Waals surface area (Å²) in [6.45, 7) is 4.09. The first-order valence-corrected chi connectivity index (χ1v) is 7.02. The van der Waals surface area contributed by atoms with Gasteiger partial charge in [0, 0.05) is 6.61 Å². The van der Waals surface area contributed by atoms with Crippen LogP contribution in [0, 0.1) is 0 Å². The average Bonchev–Trinajstić information content (AvgIpc) is 2.16. The molecule has 0 aliphatic carbocycles. The molecule has 5 nitrogen and oxygen atoms in total. The molecule has 17 heavy (non-hydrogen) atoms.